The molecule has 2 nitrogen and oxygen atoms in total. The van der Waals surface area contributed by atoms with Crippen LogP contribution in [0.15, 0.2) is 54.9 Å². The molecule has 2 aromatic rings. The number of thioether (sulfide) groups is 1. The highest BCUT2D eigenvalue weighted by molar-refractivity contribution is 7.98. The van der Waals surface area contributed by atoms with Crippen molar-refractivity contribution in [3.63, 3.8) is 0 Å². The molecule has 2 rings (SSSR count). The second-order valence-corrected chi connectivity index (χ2v) is 5.96. The Morgan fingerprint density at radius 2 is 1.70 bits per heavy atom. The monoisotopic (exact) mass is 286 g/mol. The first-order valence-electron chi connectivity index (χ1n) is 7.01. The fraction of sp³-hybridized carbons (Fsp3) is 0.353. The molecule has 0 aliphatic carbocycles. The van der Waals surface area contributed by atoms with E-state index < -0.39 is 0 Å². The number of aromatic nitrogens is 1. The van der Waals surface area contributed by atoms with Crippen LogP contribution in [0.5, 0.6) is 0 Å². The molecule has 1 heterocycles. The maximum absolute atomic E-state index is 4.12. The second kappa shape index (κ2) is 8.08. The van der Waals surface area contributed by atoms with E-state index in [-0.39, 0.29) is 6.04 Å². The number of hydrogen-bond donors (Lipinski definition) is 1. The van der Waals surface area contributed by atoms with Crippen LogP contribution in [0.25, 0.3) is 0 Å². The topological polar surface area (TPSA) is 24.9 Å². The van der Waals surface area contributed by atoms with E-state index in [0.29, 0.717) is 6.04 Å². The van der Waals surface area contributed by atoms with Gasteiger partial charge in [-0.25, -0.2) is 0 Å². The summed E-state index contributed by atoms with van der Waals surface area (Å²) in [5.74, 6) is 1.19. The summed E-state index contributed by atoms with van der Waals surface area (Å²) < 4.78 is 0. The van der Waals surface area contributed by atoms with Crippen molar-refractivity contribution in [1.82, 2.24) is 10.3 Å². The van der Waals surface area contributed by atoms with Crippen molar-refractivity contribution < 1.29 is 0 Å². The van der Waals surface area contributed by atoms with Crippen molar-refractivity contribution in [2.45, 2.75) is 25.4 Å². The van der Waals surface area contributed by atoms with E-state index in [9.17, 15) is 0 Å². The predicted octanol–water partition coefficient (Wildman–Crippen LogP) is 3.90. The van der Waals surface area contributed by atoms with E-state index in [2.05, 4.69) is 65.9 Å². The average Bonchev–Trinajstić information content (AvgIpc) is 2.52. The van der Waals surface area contributed by atoms with Crippen LogP contribution < -0.4 is 5.32 Å². The second-order valence-electron chi connectivity index (χ2n) is 4.97. The maximum atomic E-state index is 4.12. The predicted molar refractivity (Wildman–Crippen MR) is 88.1 cm³/mol. The molecule has 106 valence electrons. The number of nitrogens with one attached hydrogen (secondary N) is 1. The van der Waals surface area contributed by atoms with Crippen LogP contribution >= 0.6 is 11.8 Å². The summed E-state index contributed by atoms with van der Waals surface area (Å²) in [7, 11) is 0. The van der Waals surface area contributed by atoms with Gasteiger partial charge >= 0.3 is 0 Å². The van der Waals surface area contributed by atoms with E-state index in [1.807, 2.05) is 24.2 Å². The smallest absolute Gasteiger partial charge is 0.0579 e. The molecule has 1 aromatic heterocycles. The lowest BCUT2D eigenvalue weighted by molar-refractivity contribution is 0.490. The quantitative estimate of drug-likeness (QED) is 0.835. The van der Waals surface area contributed by atoms with Gasteiger partial charge in [0.05, 0.1) is 6.04 Å². The van der Waals surface area contributed by atoms with Gasteiger partial charge in [-0.05, 0) is 48.6 Å². The first-order chi connectivity index (χ1) is 9.81. The molecule has 2 atom stereocenters. The molecule has 0 saturated heterocycles. The molecule has 2 unspecified atom stereocenters. The number of pyridine rings is 1. The summed E-state index contributed by atoms with van der Waals surface area (Å²) in [5.41, 5.74) is 2.57. The van der Waals surface area contributed by atoms with Crippen molar-refractivity contribution in [3.8, 4) is 0 Å². The van der Waals surface area contributed by atoms with Crippen LogP contribution in [-0.4, -0.2) is 23.0 Å². The molecular formula is C17H22N2S. The first kappa shape index (κ1) is 15.1. The Morgan fingerprint density at radius 1 is 1.05 bits per heavy atom. The third-order valence-corrected chi connectivity index (χ3v) is 4.02. The minimum absolute atomic E-state index is 0.232. The van der Waals surface area contributed by atoms with Crippen LogP contribution in [0, 0.1) is 0 Å². The molecule has 0 saturated carbocycles. The van der Waals surface area contributed by atoms with Gasteiger partial charge in [0.25, 0.3) is 0 Å². The molecule has 0 fully saturated rings. The van der Waals surface area contributed by atoms with Crippen molar-refractivity contribution >= 4 is 11.8 Å². The molecule has 0 aliphatic rings. The largest absolute Gasteiger partial charge is 0.304 e. The molecule has 0 bridgehead atoms. The summed E-state index contributed by atoms with van der Waals surface area (Å²) in [6, 6.07) is 15.5. The molecule has 0 amide bonds. The van der Waals surface area contributed by atoms with E-state index in [1.54, 1.807) is 0 Å². The van der Waals surface area contributed by atoms with Crippen LogP contribution in [-0.2, 0) is 0 Å². The minimum atomic E-state index is 0.232. The van der Waals surface area contributed by atoms with Gasteiger partial charge in [-0.15, -0.1) is 0 Å². The van der Waals surface area contributed by atoms with Gasteiger partial charge in [0.1, 0.15) is 0 Å². The van der Waals surface area contributed by atoms with Crippen LogP contribution in [0.1, 0.15) is 30.5 Å². The van der Waals surface area contributed by atoms with Crippen molar-refractivity contribution in [2.75, 3.05) is 12.0 Å². The van der Waals surface area contributed by atoms with Crippen molar-refractivity contribution in [2.24, 2.45) is 0 Å². The number of rotatable bonds is 7. The van der Waals surface area contributed by atoms with Gasteiger partial charge < -0.3 is 5.32 Å². The Balaban J connectivity index is 2.17. The zero-order valence-electron chi connectivity index (χ0n) is 12.1. The fourth-order valence-electron chi connectivity index (χ4n) is 2.25. The highest BCUT2D eigenvalue weighted by Crippen LogP contribution is 2.22. The van der Waals surface area contributed by atoms with Gasteiger partial charge in [0, 0.05) is 18.4 Å². The zero-order chi connectivity index (χ0) is 14.2. The maximum Gasteiger partial charge on any atom is 0.0579 e. The standard InChI is InChI=1S/C17H22N2S/c1-14(10-13-20-2)19-17(15-6-4-3-5-7-15)16-8-11-18-12-9-16/h3-9,11-12,14,17,19H,10,13H2,1-2H3. The molecule has 0 aliphatic heterocycles. The van der Waals surface area contributed by atoms with E-state index in [0.717, 1.165) is 0 Å². The number of benzene rings is 1. The summed E-state index contributed by atoms with van der Waals surface area (Å²) in [5, 5.41) is 3.74. The number of hydrogen-bond acceptors (Lipinski definition) is 3. The van der Waals surface area contributed by atoms with Gasteiger partial charge in [0.15, 0.2) is 0 Å². The SMILES string of the molecule is CSCCC(C)NC(c1ccccc1)c1ccncc1. The lowest BCUT2D eigenvalue weighted by atomic mass is 9.98. The van der Waals surface area contributed by atoms with E-state index in [4.69, 9.17) is 0 Å². The zero-order valence-corrected chi connectivity index (χ0v) is 12.9. The molecular weight excluding hydrogens is 264 g/mol. The van der Waals surface area contributed by atoms with Crippen LogP contribution in [0.4, 0.5) is 0 Å². The van der Waals surface area contributed by atoms with Gasteiger partial charge in [-0.3, -0.25) is 4.98 Å². The highest BCUT2D eigenvalue weighted by Gasteiger charge is 2.15. The van der Waals surface area contributed by atoms with Gasteiger partial charge in [-0.1, -0.05) is 30.3 Å². The molecule has 20 heavy (non-hydrogen) atoms. The Morgan fingerprint density at radius 3 is 2.35 bits per heavy atom. The Hall–Kier alpha value is -1.32. The third-order valence-electron chi connectivity index (χ3n) is 3.38. The summed E-state index contributed by atoms with van der Waals surface area (Å²) in [4.78, 5) is 4.12. The van der Waals surface area contributed by atoms with Crippen LogP contribution in [0.3, 0.4) is 0 Å². The summed E-state index contributed by atoms with van der Waals surface area (Å²) in [6.07, 6.45) is 7.05. The molecule has 1 aromatic carbocycles. The van der Waals surface area contributed by atoms with Crippen molar-refractivity contribution in [3.05, 3.63) is 66.0 Å². The van der Waals surface area contributed by atoms with Crippen LogP contribution in [0.2, 0.25) is 0 Å². The van der Waals surface area contributed by atoms with Crippen molar-refractivity contribution in [1.29, 1.82) is 0 Å². The van der Waals surface area contributed by atoms with E-state index in [1.165, 1.54) is 23.3 Å². The lowest BCUT2D eigenvalue weighted by Gasteiger charge is -2.24. The molecule has 3 heteroatoms. The Labute approximate surface area is 126 Å². The summed E-state index contributed by atoms with van der Waals surface area (Å²) in [6.45, 7) is 2.26. The number of nitrogens with zero attached hydrogens (tertiary/aromatic N) is 1. The first-order valence-corrected chi connectivity index (χ1v) is 8.40. The van der Waals surface area contributed by atoms with E-state index >= 15 is 0 Å². The average molecular weight is 286 g/mol. The van der Waals surface area contributed by atoms with Gasteiger partial charge in [-0.2, -0.15) is 11.8 Å². The normalized spacial score (nSPS) is 13.9. The Bertz CT molecular complexity index is 447. The minimum Gasteiger partial charge on any atom is -0.304 e. The lowest BCUT2D eigenvalue weighted by Crippen LogP contribution is -2.31. The van der Waals surface area contributed by atoms with Gasteiger partial charge in [0.2, 0.25) is 0 Å². The fourth-order valence-corrected chi connectivity index (χ4v) is 2.84. The highest BCUT2D eigenvalue weighted by atomic mass is 32.2. The molecule has 1 N–H and O–H groups in total. The Kier molecular flexibility index (Phi) is 6.09. The molecule has 0 radical (unpaired) electrons. The third kappa shape index (κ3) is 4.36. The molecule has 0 spiro atoms. The summed E-state index contributed by atoms with van der Waals surface area (Å²) >= 11 is 1.90.